The normalized spacial score (nSPS) is 37.6. The number of ether oxygens (including phenoxy) is 6. The largest absolute Gasteiger partial charge is 0.497 e. The highest BCUT2D eigenvalue weighted by atomic mass is 16.7. The first-order chi connectivity index (χ1) is 26.9. The van der Waals surface area contributed by atoms with Gasteiger partial charge in [-0.1, -0.05) is 57.2 Å². The number of likely N-dealkylation sites (N-methyl/N-ethyl adjacent to an activating group) is 1. The standard InChI is InChI=1S/C45H63N3O9/c1-26-21-27(2)41(50)55-31(6)45(8)39-30(5)37(46-18-19-48(39)43(51)57-45)28(3)25-44(7,40(26)56-42-38(49)36(47(9)10)22-29(4)54-42)53-20-12-13-32-14-15-34-24-35(52-11)17-16-33(34)23-32/h12-17,21,23-24,26,28-31,36,38-40,42,49H,18-20,22,25H2,1-11H3/b13-12+,27-21+/t26-,28+,29-,30-,31+,36+,38?,39+,40+,42+,44-,45+/m0/s1. The number of hydrogen-bond acceptors (Lipinski definition) is 11. The summed E-state index contributed by atoms with van der Waals surface area (Å²) in [6.07, 6.45) is 3.11. The number of esters is 1. The SMILES string of the molecule is COc1ccc2cc(/C=C/CO[C@@]3(C)C[C@@H](C)C4=NCCN5C(=O)O[C@](C)([C@@H](C)OC(=O)/C(C)=C/[C@H](C)[C@H]3O[C@H]3O[C@@H](C)C[C@@H](N(C)C)C3O)[C@H]5[C@H]4C)ccc2c1. The molecule has 57 heavy (non-hydrogen) atoms. The van der Waals surface area contributed by atoms with E-state index >= 15 is 0 Å². The molecule has 1 amide bonds. The number of aliphatic hydroxyl groups excluding tert-OH is 1. The molecule has 312 valence electrons. The second-order valence-corrected chi connectivity index (χ2v) is 17.3. The molecule has 4 heterocycles. The maximum atomic E-state index is 13.8. The molecule has 2 saturated heterocycles. The summed E-state index contributed by atoms with van der Waals surface area (Å²) < 4.78 is 37.9. The minimum Gasteiger partial charge on any atom is -0.497 e. The summed E-state index contributed by atoms with van der Waals surface area (Å²) in [6, 6.07) is 11.7. The van der Waals surface area contributed by atoms with E-state index in [1.54, 1.807) is 25.9 Å². The summed E-state index contributed by atoms with van der Waals surface area (Å²) in [5.74, 6) is -0.457. The number of cyclic esters (lactones) is 1. The fraction of sp³-hybridized carbons (Fsp3) is 0.622. The summed E-state index contributed by atoms with van der Waals surface area (Å²) >= 11 is 0. The monoisotopic (exact) mass is 789 g/mol. The zero-order valence-corrected chi connectivity index (χ0v) is 35.6. The summed E-state index contributed by atoms with van der Waals surface area (Å²) in [5, 5.41) is 13.9. The van der Waals surface area contributed by atoms with Gasteiger partial charge in [-0.05, 0) is 102 Å². The first-order valence-electron chi connectivity index (χ1n) is 20.4. The van der Waals surface area contributed by atoms with E-state index in [1.807, 2.05) is 83.1 Å². The molecule has 1 N–H and O–H groups in total. The van der Waals surface area contributed by atoms with E-state index in [4.69, 9.17) is 33.4 Å². The number of amides is 1. The van der Waals surface area contributed by atoms with Crippen LogP contribution in [0.25, 0.3) is 16.8 Å². The first kappa shape index (κ1) is 42.8. The maximum absolute atomic E-state index is 13.8. The van der Waals surface area contributed by atoms with Crippen LogP contribution in [0.5, 0.6) is 5.75 Å². The number of rotatable bonds is 8. The molecule has 0 spiro atoms. The topological polar surface area (TPSA) is 129 Å². The third kappa shape index (κ3) is 8.81. The lowest BCUT2D eigenvalue weighted by molar-refractivity contribution is -0.295. The van der Waals surface area contributed by atoms with Crippen molar-refractivity contribution in [2.24, 2.45) is 22.7 Å². The van der Waals surface area contributed by atoms with E-state index in [0.717, 1.165) is 27.8 Å². The molecular formula is C45H63N3O9. The predicted octanol–water partition coefficient (Wildman–Crippen LogP) is 6.67. The molecule has 2 aromatic carbocycles. The van der Waals surface area contributed by atoms with Gasteiger partial charge in [-0.15, -0.1) is 0 Å². The lowest BCUT2D eigenvalue weighted by Crippen LogP contribution is -2.59. The number of hydrogen-bond donors (Lipinski definition) is 1. The molecule has 12 heteroatoms. The van der Waals surface area contributed by atoms with E-state index in [0.29, 0.717) is 31.5 Å². The number of benzene rings is 2. The summed E-state index contributed by atoms with van der Waals surface area (Å²) in [5.41, 5.74) is 0.242. The third-order valence-electron chi connectivity index (χ3n) is 12.7. The summed E-state index contributed by atoms with van der Waals surface area (Å²) in [6.45, 7) is 16.7. The molecule has 12 nitrogen and oxygen atoms in total. The zero-order valence-electron chi connectivity index (χ0n) is 35.6. The molecule has 0 radical (unpaired) electrons. The van der Waals surface area contributed by atoms with Crippen molar-refractivity contribution in [3.05, 3.63) is 59.7 Å². The molecule has 2 aromatic rings. The number of aliphatic hydroxyl groups is 1. The van der Waals surface area contributed by atoms with Crippen molar-refractivity contribution in [3.8, 4) is 5.75 Å². The van der Waals surface area contributed by atoms with E-state index in [2.05, 4.69) is 32.0 Å². The van der Waals surface area contributed by atoms with Crippen molar-refractivity contribution in [2.75, 3.05) is 40.9 Å². The molecule has 6 rings (SSSR count). The number of methoxy groups -OCH3 is 1. The highest BCUT2D eigenvalue weighted by Gasteiger charge is 2.59. The minimum absolute atomic E-state index is 0.124. The van der Waals surface area contributed by atoms with Crippen LogP contribution in [0.4, 0.5) is 4.79 Å². The Bertz CT molecular complexity index is 1880. The molecule has 0 saturated carbocycles. The lowest BCUT2D eigenvalue weighted by Gasteiger charge is -2.47. The first-order valence-corrected chi connectivity index (χ1v) is 20.4. The van der Waals surface area contributed by atoms with Crippen LogP contribution < -0.4 is 4.74 Å². The van der Waals surface area contributed by atoms with Crippen LogP contribution >= 0.6 is 0 Å². The molecule has 0 aromatic heterocycles. The van der Waals surface area contributed by atoms with Gasteiger partial charge in [0.05, 0.1) is 44.1 Å². The second-order valence-electron chi connectivity index (χ2n) is 17.3. The molecule has 2 bridgehead atoms. The van der Waals surface area contributed by atoms with Crippen LogP contribution in [0.3, 0.4) is 0 Å². The van der Waals surface area contributed by atoms with Gasteiger partial charge >= 0.3 is 12.1 Å². The van der Waals surface area contributed by atoms with E-state index < -0.39 is 59.8 Å². The Hall–Kier alpha value is -3.81. The van der Waals surface area contributed by atoms with Gasteiger partial charge in [-0.25, -0.2) is 9.59 Å². The van der Waals surface area contributed by atoms with Crippen LogP contribution in [-0.4, -0.2) is 128 Å². The fourth-order valence-electron chi connectivity index (χ4n) is 9.66. The Morgan fingerprint density at radius 1 is 1.05 bits per heavy atom. The number of carbonyl (C=O) groups excluding carboxylic acids is 2. The number of nitrogens with zero attached hydrogens (tertiary/aromatic N) is 3. The minimum atomic E-state index is -1.10. The predicted molar refractivity (Wildman–Crippen MR) is 220 cm³/mol. The van der Waals surface area contributed by atoms with Crippen molar-refractivity contribution in [3.63, 3.8) is 0 Å². The molecular weight excluding hydrogens is 727 g/mol. The fourth-order valence-corrected chi connectivity index (χ4v) is 9.66. The molecule has 1 unspecified atom stereocenters. The van der Waals surface area contributed by atoms with Gasteiger partial charge in [0.2, 0.25) is 0 Å². The van der Waals surface area contributed by atoms with Gasteiger partial charge in [0.15, 0.2) is 11.9 Å². The van der Waals surface area contributed by atoms with Gasteiger partial charge in [0.1, 0.15) is 18.0 Å². The van der Waals surface area contributed by atoms with E-state index in [-0.39, 0.29) is 30.6 Å². The van der Waals surface area contributed by atoms with Crippen molar-refractivity contribution < 1.29 is 43.1 Å². The second kappa shape index (κ2) is 17.2. The van der Waals surface area contributed by atoms with Crippen molar-refractivity contribution in [2.45, 2.75) is 122 Å². The van der Waals surface area contributed by atoms with Crippen LogP contribution in [0.1, 0.15) is 73.8 Å². The number of carbonyl (C=O) groups is 2. The summed E-state index contributed by atoms with van der Waals surface area (Å²) in [7, 11) is 5.56. The lowest BCUT2D eigenvalue weighted by atomic mass is 9.74. The van der Waals surface area contributed by atoms with Crippen LogP contribution in [-0.2, 0) is 28.5 Å². The van der Waals surface area contributed by atoms with Gasteiger partial charge in [0, 0.05) is 35.7 Å². The van der Waals surface area contributed by atoms with Crippen LogP contribution in [0.15, 0.2) is 59.1 Å². The molecule has 4 aliphatic rings. The van der Waals surface area contributed by atoms with Crippen molar-refractivity contribution in [1.29, 1.82) is 0 Å². The number of aliphatic imine (C=N–C) groups is 1. The van der Waals surface area contributed by atoms with Gasteiger partial charge in [-0.2, -0.15) is 0 Å². The van der Waals surface area contributed by atoms with Gasteiger partial charge in [0.25, 0.3) is 0 Å². The molecule has 12 atom stereocenters. The molecule has 0 aliphatic carbocycles. The maximum Gasteiger partial charge on any atom is 0.410 e. The Morgan fingerprint density at radius 2 is 1.77 bits per heavy atom. The Balaban J connectivity index is 1.39. The highest BCUT2D eigenvalue weighted by Crippen LogP contribution is 2.43. The average Bonchev–Trinajstić information content (AvgIpc) is 3.29. The zero-order chi connectivity index (χ0) is 41.4. The third-order valence-corrected chi connectivity index (χ3v) is 12.7. The smallest absolute Gasteiger partial charge is 0.410 e. The molecule has 4 aliphatic heterocycles. The van der Waals surface area contributed by atoms with Crippen LogP contribution in [0, 0.1) is 17.8 Å². The van der Waals surface area contributed by atoms with E-state index in [9.17, 15) is 14.7 Å². The summed E-state index contributed by atoms with van der Waals surface area (Å²) in [4.78, 5) is 36.1. The number of fused-ring (bicyclic) bond motifs is 2. The molecule has 2 fully saturated rings. The van der Waals surface area contributed by atoms with E-state index in [1.165, 1.54) is 0 Å². The van der Waals surface area contributed by atoms with Gasteiger partial charge < -0.3 is 38.4 Å². The van der Waals surface area contributed by atoms with Gasteiger partial charge in [-0.3, -0.25) is 9.89 Å². The Kier molecular flexibility index (Phi) is 12.9. The average molecular weight is 790 g/mol. The quantitative estimate of drug-likeness (QED) is 0.290. The highest BCUT2D eigenvalue weighted by molar-refractivity contribution is 5.91. The van der Waals surface area contributed by atoms with Crippen molar-refractivity contribution in [1.82, 2.24) is 9.80 Å². The Labute approximate surface area is 338 Å². The van der Waals surface area contributed by atoms with Crippen molar-refractivity contribution >= 4 is 34.6 Å². The van der Waals surface area contributed by atoms with Crippen LogP contribution in [0.2, 0.25) is 0 Å². The Morgan fingerprint density at radius 3 is 2.49 bits per heavy atom.